The van der Waals surface area contributed by atoms with Crippen LogP contribution in [0, 0.1) is 11.8 Å². The third-order valence-corrected chi connectivity index (χ3v) is 3.70. The van der Waals surface area contributed by atoms with Gasteiger partial charge < -0.3 is 10.2 Å². The molecular formula is C12H24O2. The molecular weight excluding hydrogens is 176 g/mol. The number of rotatable bonds is 2. The highest BCUT2D eigenvalue weighted by molar-refractivity contribution is 4.80. The molecule has 0 saturated heterocycles. The number of aliphatic hydroxyl groups excluding tert-OH is 2. The Morgan fingerprint density at radius 2 is 1.64 bits per heavy atom. The van der Waals surface area contributed by atoms with Crippen molar-refractivity contribution in [3.8, 4) is 0 Å². The van der Waals surface area contributed by atoms with Gasteiger partial charge in [-0.3, -0.25) is 0 Å². The lowest BCUT2D eigenvalue weighted by Gasteiger charge is -2.32. The molecule has 1 aliphatic rings. The summed E-state index contributed by atoms with van der Waals surface area (Å²) in [6.45, 7) is 4.26. The van der Waals surface area contributed by atoms with Crippen LogP contribution in [0.15, 0.2) is 0 Å². The molecule has 1 fully saturated rings. The van der Waals surface area contributed by atoms with Gasteiger partial charge in [0.05, 0.1) is 12.2 Å². The van der Waals surface area contributed by atoms with E-state index in [2.05, 4.69) is 13.8 Å². The van der Waals surface area contributed by atoms with E-state index in [0.717, 1.165) is 38.5 Å². The van der Waals surface area contributed by atoms with Crippen LogP contribution in [-0.4, -0.2) is 22.4 Å². The predicted octanol–water partition coefficient (Wildman–Crippen LogP) is 2.33. The van der Waals surface area contributed by atoms with Gasteiger partial charge in [0.15, 0.2) is 0 Å². The van der Waals surface area contributed by atoms with Gasteiger partial charge in [0.25, 0.3) is 0 Å². The maximum absolute atomic E-state index is 10.1. The number of hydrogen-bond acceptors (Lipinski definition) is 2. The zero-order valence-electron chi connectivity index (χ0n) is 9.45. The zero-order valence-corrected chi connectivity index (χ0v) is 9.45. The van der Waals surface area contributed by atoms with Gasteiger partial charge in [0, 0.05) is 0 Å². The van der Waals surface area contributed by atoms with Gasteiger partial charge in [-0.2, -0.15) is 0 Å². The van der Waals surface area contributed by atoms with Gasteiger partial charge in [-0.05, 0) is 31.1 Å². The quantitative estimate of drug-likeness (QED) is 0.718. The minimum absolute atomic E-state index is 0.188. The van der Waals surface area contributed by atoms with E-state index < -0.39 is 0 Å². The van der Waals surface area contributed by atoms with Crippen LogP contribution in [0.1, 0.15) is 52.4 Å². The molecule has 0 aromatic rings. The Labute approximate surface area is 87.3 Å². The molecule has 1 saturated carbocycles. The molecule has 0 bridgehead atoms. The molecule has 0 spiro atoms. The van der Waals surface area contributed by atoms with Crippen LogP contribution in [0.5, 0.6) is 0 Å². The largest absolute Gasteiger partial charge is 0.393 e. The molecule has 4 unspecified atom stereocenters. The van der Waals surface area contributed by atoms with E-state index in [9.17, 15) is 10.2 Å². The predicted molar refractivity (Wildman–Crippen MR) is 58.0 cm³/mol. The molecule has 1 aliphatic carbocycles. The molecule has 0 aliphatic heterocycles. The molecule has 14 heavy (non-hydrogen) atoms. The highest BCUT2D eigenvalue weighted by Crippen LogP contribution is 2.30. The molecule has 2 N–H and O–H groups in total. The van der Waals surface area contributed by atoms with Crippen LogP contribution >= 0.6 is 0 Å². The van der Waals surface area contributed by atoms with Gasteiger partial charge in [-0.1, -0.05) is 33.1 Å². The first-order valence-electron chi connectivity index (χ1n) is 6.05. The topological polar surface area (TPSA) is 40.5 Å². The van der Waals surface area contributed by atoms with Crippen molar-refractivity contribution in [2.45, 2.75) is 64.6 Å². The second-order valence-corrected chi connectivity index (χ2v) is 4.65. The van der Waals surface area contributed by atoms with E-state index in [4.69, 9.17) is 0 Å². The van der Waals surface area contributed by atoms with Gasteiger partial charge in [-0.15, -0.1) is 0 Å². The molecule has 1 rings (SSSR count). The van der Waals surface area contributed by atoms with Gasteiger partial charge in [-0.25, -0.2) is 0 Å². The van der Waals surface area contributed by atoms with Gasteiger partial charge in [0.2, 0.25) is 0 Å². The van der Waals surface area contributed by atoms with Crippen molar-refractivity contribution in [2.75, 3.05) is 0 Å². The molecule has 84 valence electrons. The summed E-state index contributed by atoms with van der Waals surface area (Å²) in [5, 5.41) is 19.8. The van der Waals surface area contributed by atoms with Crippen molar-refractivity contribution >= 4 is 0 Å². The minimum Gasteiger partial charge on any atom is -0.393 e. The lowest BCUT2D eigenvalue weighted by Crippen LogP contribution is -2.33. The Morgan fingerprint density at radius 3 is 2.21 bits per heavy atom. The van der Waals surface area contributed by atoms with Crippen molar-refractivity contribution < 1.29 is 10.2 Å². The number of hydrogen-bond donors (Lipinski definition) is 2. The van der Waals surface area contributed by atoms with Crippen LogP contribution in [0.2, 0.25) is 0 Å². The minimum atomic E-state index is -0.194. The summed E-state index contributed by atoms with van der Waals surface area (Å²) >= 11 is 0. The van der Waals surface area contributed by atoms with E-state index in [1.165, 1.54) is 0 Å². The summed E-state index contributed by atoms with van der Waals surface area (Å²) in [5.41, 5.74) is 0. The Bertz CT molecular complexity index is 158. The Kier molecular flexibility index (Phi) is 4.90. The highest BCUT2D eigenvalue weighted by Gasteiger charge is 2.29. The van der Waals surface area contributed by atoms with Crippen LogP contribution in [0.3, 0.4) is 0 Å². The maximum atomic E-state index is 10.1. The molecule has 2 heteroatoms. The molecule has 0 radical (unpaired) electrons. The van der Waals surface area contributed by atoms with E-state index in [1.54, 1.807) is 0 Å². The Balaban J connectivity index is 2.60. The Morgan fingerprint density at radius 1 is 1.00 bits per heavy atom. The van der Waals surface area contributed by atoms with Crippen molar-refractivity contribution in [1.82, 2.24) is 0 Å². The maximum Gasteiger partial charge on any atom is 0.0597 e. The zero-order chi connectivity index (χ0) is 10.6. The summed E-state index contributed by atoms with van der Waals surface area (Å²) in [7, 11) is 0. The molecule has 2 nitrogen and oxygen atoms in total. The fourth-order valence-electron chi connectivity index (χ4n) is 2.63. The SMILES string of the molecule is CCC1CCCC(O)CC(CC)C1O. The van der Waals surface area contributed by atoms with Gasteiger partial charge >= 0.3 is 0 Å². The van der Waals surface area contributed by atoms with E-state index in [1.807, 2.05) is 0 Å². The number of aliphatic hydroxyl groups is 2. The average molecular weight is 200 g/mol. The fourth-order valence-corrected chi connectivity index (χ4v) is 2.63. The normalized spacial score (nSPS) is 40.3. The van der Waals surface area contributed by atoms with E-state index in [-0.39, 0.29) is 12.2 Å². The average Bonchev–Trinajstić information content (AvgIpc) is 2.18. The molecule has 0 aromatic carbocycles. The van der Waals surface area contributed by atoms with Crippen LogP contribution in [0.4, 0.5) is 0 Å². The molecule has 0 amide bonds. The van der Waals surface area contributed by atoms with E-state index >= 15 is 0 Å². The fraction of sp³-hybridized carbons (Fsp3) is 1.00. The lowest BCUT2D eigenvalue weighted by atomic mass is 9.78. The van der Waals surface area contributed by atoms with Gasteiger partial charge in [0.1, 0.15) is 0 Å². The van der Waals surface area contributed by atoms with Crippen molar-refractivity contribution in [3.05, 3.63) is 0 Å². The summed E-state index contributed by atoms with van der Waals surface area (Å²) < 4.78 is 0. The third kappa shape index (κ3) is 2.96. The second kappa shape index (κ2) is 5.72. The lowest BCUT2D eigenvalue weighted by molar-refractivity contribution is -0.000222. The van der Waals surface area contributed by atoms with Crippen LogP contribution in [-0.2, 0) is 0 Å². The first kappa shape index (κ1) is 12.0. The molecule has 0 aromatic heterocycles. The Hall–Kier alpha value is -0.0800. The molecule has 0 heterocycles. The van der Waals surface area contributed by atoms with Crippen molar-refractivity contribution in [3.63, 3.8) is 0 Å². The first-order valence-corrected chi connectivity index (χ1v) is 6.05. The van der Waals surface area contributed by atoms with Crippen LogP contribution in [0.25, 0.3) is 0 Å². The standard InChI is InChI=1S/C12H24O2/c1-3-9-6-5-7-11(13)8-10(4-2)12(9)14/h9-14H,3-8H2,1-2H3. The summed E-state index contributed by atoms with van der Waals surface area (Å²) in [6, 6.07) is 0. The second-order valence-electron chi connectivity index (χ2n) is 4.65. The van der Waals surface area contributed by atoms with E-state index in [0.29, 0.717) is 11.8 Å². The summed E-state index contributed by atoms with van der Waals surface area (Å²) in [4.78, 5) is 0. The molecule has 4 atom stereocenters. The summed E-state index contributed by atoms with van der Waals surface area (Å²) in [6.07, 6.45) is 5.50. The first-order chi connectivity index (χ1) is 6.69. The summed E-state index contributed by atoms with van der Waals surface area (Å²) in [5.74, 6) is 0.752. The third-order valence-electron chi connectivity index (χ3n) is 3.70. The van der Waals surface area contributed by atoms with Crippen molar-refractivity contribution in [2.24, 2.45) is 11.8 Å². The monoisotopic (exact) mass is 200 g/mol. The smallest absolute Gasteiger partial charge is 0.0597 e. The van der Waals surface area contributed by atoms with Crippen LogP contribution < -0.4 is 0 Å². The highest BCUT2D eigenvalue weighted by atomic mass is 16.3. The van der Waals surface area contributed by atoms with Crippen molar-refractivity contribution in [1.29, 1.82) is 0 Å².